The number of pyridine rings is 1. The van der Waals surface area contributed by atoms with Gasteiger partial charge in [0.1, 0.15) is 5.65 Å². The van der Waals surface area contributed by atoms with Crippen molar-refractivity contribution >= 4 is 11.6 Å². The summed E-state index contributed by atoms with van der Waals surface area (Å²) in [4.78, 5) is 16.0. The maximum Gasteiger partial charge on any atom is 0.339 e. The third kappa shape index (κ3) is 2.40. The van der Waals surface area contributed by atoms with Crippen molar-refractivity contribution in [2.75, 3.05) is 7.11 Å². The Bertz CT molecular complexity index is 748. The number of fused-ring (bicyclic) bond motifs is 1. The van der Waals surface area contributed by atoms with Crippen LogP contribution in [0.15, 0.2) is 54.9 Å². The number of ether oxygens (including phenoxy) is 1. The Balaban J connectivity index is 1.92. The molecule has 20 heavy (non-hydrogen) atoms. The van der Waals surface area contributed by atoms with Crippen LogP contribution in [-0.4, -0.2) is 22.5 Å². The third-order valence-corrected chi connectivity index (χ3v) is 3.15. The number of esters is 1. The fourth-order valence-electron chi connectivity index (χ4n) is 2.17. The van der Waals surface area contributed by atoms with Crippen LogP contribution in [0, 0.1) is 0 Å². The summed E-state index contributed by atoms with van der Waals surface area (Å²) in [7, 11) is 1.38. The van der Waals surface area contributed by atoms with Crippen molar-refractivity contribution in [1.82, 2.24) is 9.38 Å². The first kappa shape index (κ1) is 12.4. The van der Waals surface area contributed by atoms with Gasteiger partial charge in [0.15, 0.2) is 0 Å². The van der Waals surface area contributed by atoms with Crippen molar-refractivity contribution in [2.45, 2.75) is 6.42 Å². The molecular weight excluding hydrogens is 252 g/mol. The van der Waals surface area contributed by atoms with E-state index in [1.807, 2.05) is 34.9 Å². The van der Waals surface area contributed by atoms with Crippen LogP contribution in [-0.2, 0) is 11.2 Å². The quantitative estimate of drug-likeness (QED) is 0.685. The van der Waals surface area contributed by atoms with Crippen LogP contribution in [0.2, 0.25) is 0 Å². The van der Waals surface area contributed by atoms with Crippen molar-refractivity contribution in [3.8, 4) is 0 Å². The van der Waals surface area contributed by atoms with Gasteiger partial charge in [0.2, 0.25) is 0 Å². The molecule has 0 aliphatic rings. The molecule has 0 aliphatic heterocycles. The lowest BCUT2D eigenvalue weighted by atomic mass is 10.1. The Hall–Kier alpha value is -2.62. The van der Waals surface area contributed by atoms with E-state index in [1.165, 1.54) is 12.7 Å². The number of nitrogens with zero attached hydrogens (tertiary/aromatic N) is 2. The minimum atomic E-state index is -0.342. The normalized spacial score (nSPS) is 10.7. The SMILES string of the molecule is COC(=O)c1ccc2nc(Cc3ccccc3)cn2c1. The molecule has 0 radical (unpaired) electrons. The lowest BCUT2D eigenvalue weighted by Crippen LogP contribution is -2.02. The highest BCUT2D eigenvalue weighted by Crippen LogP contribution is 2.12. The third-order valence-electron chi connectivity index (χ3n) is 3.15. The van der Waals surface area contributed by atoms with Crippen molar-refractivity contribution < 1.29 is 9.53 Å². The number of carbonyl (C=O) groups is 1. The first-order valence-electron chi connectivity index (χ1n) is 6.36. The molecule has 0 saturated carbocycles. The van der Waals surface area contributed by atoms with Crippen molar-refractivity contribution in [3.05, 3.63) is 71.7 Å². The Morgan fingerprint density at radius 2 is 1.95 bits per heavy atom. The van der Waals surface area contributed by atoms with E-state index in [4.69, 9.17) is 4.74 Å². The average molecular weight is 266 g/mol. The minimum Gasteiger partial charge on any atom is -0.465 e. The van der Waals surface area contributed by atoms with E-state index < -0.39 is 0 Å². The lowest BCUT2D eigenvalue weighted by Gasteiger charge is -1.99. The Kier molecular flexibility index (Phi) is 3.21. The van der Waals surface area contributed by atoms with Crippen LogP contribution in [0.5, 0.6) is 0 Å². The molecule has 0 atom stereocenters. The zero-order chi connectivity index (χ0) is 13.9. The molecule has 3 aromatic rings. The maximum absolute atomic E-state index is 11.5. The number of methoxy groups -OCH3 is 1. The topological polar surface area (TPSA) is 43.6 Å². The van der Waals surface area contributed by atoms with Gasteiger partial charge in [-0.05, 0) is 17.7 Å². The van der Waals surface area contributed by atoms with E-state index in [0.717, 1.165) is 17.8 Å². The Labute approximate surface area is 116 Å². The molecule has 0 N–H and O–H groups in total. The molecular formula is C16H14N2O2. The molecule has 0 amide bonds. The van der Waals surface area contributed by atoms with Crippen molar-refractivity contribution in [3.63, 3.8) is 0 Å². The first-order valence-corrected chi connectivity index (χ1v) is 6.36. The summed E-state index contributed by atoms with van der Waals surface area (Å²) in [6, 6.07) is 13.7. The largest absolute Gasteiger partial charge is 0.465 e. The number of hydrogen-bond acceptors (Lipinski definition) is 3. The second-order valence-corrected chi connectivity index (χ2v) is 4.57. The molecule has 2 aromatic heterocycles. The van der Waals surface area contributed by atoms with Gasteiger partial charge in [-0.25, -0.2) is 9.78 Å². The number of hydrogen-bond donors (Lipinski definition) is 0. The van der Waals surface area contributed by atoms with E-state index in [1.54, 1.807) is 12.3 Å². The van der Waals surface area contributed by atoms with Crippen LogP contribution in [0.3, 0.4) is 0 Å². The Morgan fingerprint density at radius 3 is 2.70 bits per heavy atom. The van der Waals surface area contributed by atoms with Crippen LogP contribution in [0.1, 0.15) is 21.6 Å². The molecule has 3 rings (SSSR count). The smallest absolute Gasteiger partial charge is 0.339 e. The van der Waals surface area contributed by atoms with Gasteiger partial charge in [-0.15, -0.1) is 0 Å². The highest BCUT2D eigenvalue weighted by Gasteiger charge is 2.08. The van der Waals surface area contributed by atoms with Crippen LogP contribution in [0.4, 0.5) is 0 Å². The summed E-state index contributed by atoms with van der Waals surface area (Å²) >= 11 is 0. The lowest BCUT2D eigenvalue weighted by molar-refractivity contribution is 0.0600. The zero-order valence-electron chi connectivity index (χ0n) is 11.1. The van der Waals surface area contributed by atoms with E-state index in [0.29, 0.717) is 5.56 Å². The van der Waals surface area contributed by atoms with Gasteiger partial charge in [-0.3, -0.25) is 0 Å². The van der Waals surface area contributed by atoms with Crippen molar-refractivity contribution in [1.29, 1.82) is 0 Å². The molecule has 0 bridgehead atoms. The van der Waals surface area contributed by atoms with Gasteiger partial charge in [0.25, 0.3) is 0 Å². The van der Waals surface area contributed by atoms with E-state index >= 15 is 0 Å². The van der Waals surface area contributed by atoms with Gasteiger partial charge in [0, 0.05) is 18.8 Å². The molecule has 0 unspecified atom stereocenters. The average Bonchev–Trinajstić information content (AvgIpc) is 2.88. The monoisotopic (exact) mass is 266 g/mol. The molecule has 0 saturated heterocycles. The molecule has 2 heterocycles. The van der Waals surface area contributed by atoms with Gasteiger partial charge in [-0.1, -0.05) is 30.3 Å². The van der Waals surface area contributed by atoms with E-state index in [9.17, 15) is 4.79 Å². The van der Waals surface area contributed by atoms with E-state index in [2.05, 4.69) is 17.1 Å². The summed E-state index contributed by atoms with van der Waals surface area (Å²) in [5.74, 6) is -0.342. The van der Waals surface area contributed by atoms with E-state index in [-0.39, 0.29) is 5.97 Å². The summed E-state index contributed by atoms with van der Waals surface area (Å²) in [6.07, 6.45) is 4.45. The fraction of sp³-hybridized carbons (Fsp3) is 0.125. The predicted molar refractivity (Wildman–Crippen MR) is 75.8 cm³/mol. The van der Waals surface area contributed by atoms with Gasteiger partial charge in [0.05, 0.1) is 18.4 Å². The minimum absolute atomic E-state index is 0.342. The molecule has 0 aliphatic carbocycles. The van der Waals surface area contributed by atoms with Crippen LogP contribution < -0.4 is 0 Å². The highest BCUT2D eigenvalue weighted by molar-refractivity contribution is 5.89. The van der Waals surface area contributed by atoms with Gasteiger partial charge < -0.3 is 9.14 Å². The maximum atomic E-state index is 11.5. The number of benzene rings is 1. The molecule has 1 aromatic carbocycles. The second-order valence-electron chi connectivity index (χ2n) is 4.57. The number of carbonyl (C=O) groups excluding carboxylic acids is 1. The molecule has 4 heteroatoms. The second kappa shape index (κ2) is 5.17. The summed E-state index contributed by atoms with van der Waals surface area (Å²) in [6.45, 7) is 0. The number of rotatable bonds is 3. The fourth-order valence-corrected chi connectivity index (χ4v) is 2.17. The first-order chi connectivity index (χ1) is 9.76. The zero-order valence-corrected chi connectivity index (χ0v) is 11.1. The summed E-state index contributed by atoms with van der Waals surface area (Å²) in [5.41, 5.74) is 3.52. The summed E-state index contributed by atoms with van der Waals surface area (Å²) < 4.78 is 6.57. The standard InChI is InChI=1S/C16H14N2O2/c1-20-16(19)13-7-8-15-17-14(11-18(15)10-13)9-12-5-3-2-4-6-12/h2-8,10-11H,9H2,1H3. The molecule has 0 spiro atoms. The molecule has 4 nitrogen and oxygen atoms in total. The Morgan fingerprint density at radius 1 is 1.15 bits per heavy atom. The molecule has 100 valence electrons. The highest BCUT2D eigenvalue weighted by atomic mass is 16.5. The van der Waals surface area contributed by atoms with Gasteiger partial charge >= 0.3 is 5.97 Å². The van der Waals surface area contributed by atoms with Gasteiger partial charge in [-0.2, -0.15) is 0 Å². The van der Waals surface area contributed by atoms with Crippen molar-refractivity contribution in [2.24, 2.45) is 0 Å². The molecule has 0 fully saturated rings. The van der Waals surface area contributed by atoms with Crippen LogP contribution >= 0.6 is 0 Å². The number of imidazole rings is 1. The van der Waals surface area contributed by atoms with Crippen LogP contribution in [0.25, 0.3) is 5.65 Å². The number of aromatic nitrogens is 2. The predicted octanol–water partition coefficient (Wildman–Crippen LogP) is 2.71. The summed E-state index contributed by atoms with van der Waals surface area (Å²) in [5, 5.41) is 0.